The Bertz CT molecular complexity index is 1000. The number of aliphatic carboxylic acids is 1. The number of hydrogen-bond acceptors (Lipinski definition) is 18. The van der Waals surface area contributed by atoms with Crippen LogP contribution in [0.1, 0.15) is 6.92 Å². The number of carbonyl (C=O) groups is 2. The van der Waals surface area contributed by atoms with Crippen molar-refractivity contribution in [1.29, 1.82) is 0 Å². The molecule has 22 heteroatoms. The number of carboxylic acid groups (broad SMARTS) is 1. The highest BCUT2D eigenvalue weighted by Crippen LogP contribution is 2.32. The Kier molecular flexibility index (Phi) is 13.3. The Morgan fingerprint density at radius 1 is 0.905 bits per heavy atom. The molecular formula is C20H35NO20S. The Labute approximate surface area is 237 Å². The lowest BCUT2D eigenvalue weighted by atomic mass is 9.96. The second-order valence-corrected chi connectivity index (χ2v) is 10.4. The Morgan fingerprint density at radius 3 is 1.98 bits per heavy atom. The molecule has 0 saturated carbocycles. The van der Waals surface area contributed by atoms with Crippen LogP contribution < -0.4 is 5.32 Å². The Hall–Kier alpha value is -1.71. The van der Waals surface area contributed by atoms with E-state index in [0.717, 1.165) is 6.92 Å². The molecule has 2 heterocycles. The van der Waals surface area contributed by atoms with Crippen molar-refractivity contribution >= 4 is 22.3 Å². The van der Waals surface area contributed by atoms with E-state index in [0.29, 0.717) is 0 Å². The molecule has 2 fully saturated rings. The first-order valence-corrected chi connectivity index (χ1v) is 13.5. The molecular weight excluding hydrogens is 606 g/mol. The lowest BCUT2D eigenvalue weighted by molar-refractivity contribution is -0.364. The predicted molar refractivity (Wildman–Crippen MR) is 126 cm³/mol. The number of carboxylic acids is 1. The monoisotopic (exact) mass is 641 g/mol. The number of aliphatic hydroxyl groups is 9. The molecule has 1 amide bonds. The summed E-state index contributed by atoms with van der Waals surface area (Å²) in [5.74, 6) is -2.63. The van der Waals surface area contributed by atoms with Gasteiger partial charge in [0.25, 0.3) is 0 Å². The van der Waals surface area contributed by atoms with Crippen molar-refractivity contribution in [3.63, 3.8) is 0 Å². The second kappa shape index (κ2) is 15.3. The fourth-order valence-electron chi connectivity index (χ4n) is 4.27. The van der Waals surface area contributed by atoms with Crippen LogP contribution in [-0.2, 0) is 43.1 Å². The summed E-state index contributed by atoms with van der Waals surface area (Å²) in [7, 11) is -5.40. The molecule has 0 unspecified atom stereocenters. The van der Waals surface area contributed by atoms with Crippen LogP contribution in [0.25, 0.3) is 0 Å². The fourth-order valence-corrected chi connectivity index (χ4v) is 4.78. The highest BCUT2D eigenvalue weighted by Gasteiger charge is 2.54. The summed E-state index contributed by atoms with van der Waals surface area (Å²) in [6, 6.07) is -1.48. The zero-order valence-corrected chi connectivity index (χ0v) is 22.5. The van der Waals surface area contributed by atoms with Crippen LogP contribution in [-0.4, -0.2) is 181 Å². The number of rotatable bonds is 14. The number of aliphatic hydroxyl groups excluding tert-OH is 9. The molecule has 0 spiro atoms. The van der Waals surface area contributed by atoms with Gasteiger partial charge in [0.05, 0.1) is 25.9 Å². The average Bonchev–Trinajstić information content (AvgIpc) is 2.91. The van der Waals surface area contributed by atoms with Crippen molar-refractivity contribution in [2.45, 2.75) is 92.7 Å². The zero-order chi connectivity index (χ0) is 32.1. The zero-order valence-electron chi connectivity index (χ0n) is 21.7. The van der Waals surface area contributed by atoms with E-state index >= 15 is 0 Å². The van der Waals surface area contributed by atoms with E-state index in [1.165, 1.54) is 0 Å². The van der Waals surface area contributed by atoms with Gasteiger partial charge in [-0.3, -0.25) is 9.35 Å². The number of hydrogen-bond donors (Lipinski definition) is 12. The molecule has 0 radical (unpaired) electrons. The van der Waals surface area contributed by atoms with E-state index in [4.69, 9.17) is 23.5 Å². The van der Waals surface area contributed by atoms with Crippen LogP contribution in [0.2, 0.25) is 0 Å². The summed E-state index contributed by atoms with van der Waals surface area (Å²) in [4.78, 5) is 23.0. The average molecular weight is 642 g/mol. The molecule has 14 atom stereocenters. The maximum absolute atomic E-state index is 11.6. The smallest absolute Gasteiger partial charge is 0.397 e. The minimum atomic E-state index is -5.40. The maximum Gasteiger partial charge on any atom is 0.397 e. The largest absolute Gasteiger partial charge is 0.479 e. The maximum atomic E-state index is 11.6. The SMILES string of the molecule is CC(=O)N[C@@H](CO)[C@@H](O)[C@H](O[C@@H]1O[C@H](CO)[C@H](O)[C@H](O[C@@H]2O[C@H](C(=O)O)[C@@H](O)[C@H](OS(=O)(=O)O)[C@H]2O)[C@H]1O)[C@H](O)CO. The second-order valence-electron chi connectivity index (χ2n) is 9.37. The van der Waals surface area contributed by atoms with Gasteiger partial charge < -0.3 is 75.3 Å². The molecule has 2 aliphatic rings. The number of nitrogens with one attached hydrogen (secondary N) is 1. The van der Waals surface area contributed by atoms with Crippen molar-refractivity contribution in [2.75, 3.05) is 19.8 Å². The van der Waals surface area contributed by atoms with Crippen molar-refractivity contribution in [3.05, 3.63) is 0 Å². The molecule has 0 aromatic rings. The molecule has 0 aromatic carbocycles. The first-order chi connectivity index (χ1) is 19.5. The Morgan fingerprint density at radius 2 is 1.50 bits per heavy atom. The van der Waals surface area contributed by atoms with Gasteiger partial charge in [0.15, 0.2) is 18.7 Å². The summed E-state index contributed by atoms with van der Waals surface area (Å²) in [6.45, 7) is -1.92. The third kappa shape index (κ3) is 8.91. The lowest BCUT2D eigenvalue weighted by Crippen LogP contribution is -2.66. The van der Waals surface area contributed by atoms with Gasteiger partial charge in [0.1, 0.15) is 61.0 Å². The van der Waals surface area contributed by atoms with Crippen LogP contribution in [0.3, 0.4) is 0 Å². The van der Waals surface area contributed by atoms with E-state index < -0.39 is 128 Å². The third-order valence-electron chi connectivity index (χ3n) is 6.32. The minimum Gasteiger partial charge on any atom is -0.479 e. The molecule has 21 nitrogen and oxygen atoms in total. The normalized spacial score (nSPS) is 36.9. The first-order valence-electron chi connectivity index (χ1n) is 12.2. The number of amides is 1. The highest BCUT2D eigenvalue weighted by molar-refractivity contribution is 7.80. The van der Waals surface area contributed by atoms with Gasteiger partial charge in [-0.15, -0.1) is 0 Å². The summed E-state index contributed by atoms with van der Waals surface area (Å²) in [5, 5.41) is 103. The van der Waals surface area contributed by atoms with Crippen LogP contribution >= 0.6 is 0 Å². The highest BCUT2D eigenvalue weighted by atomic mass is 32.3. The van der Waals surface area contributed by atoms with Crippen LogP contribution in [0, 0.1) is 0 Å². The predicted octanol–water partition coefficient (Wildman–Crippen LogP) is -7.87. The summed E-state index contributed by atoms with van der Waals surface area (Å²) >= 11 is 0. The molecule has 12 N–H and O–H groups in total. The van der Waals surface area contributed by atoms with Gasteiger partial charge in [-0.1, -0.05) is 0 Å². The molecule has 2 rings (SSSR count). The Balaban J connectivity index is 2.38. The first kappa shape index (κ1) is 36.5. The fraction of sp³-hybridized carbons (Fsp3) is 0.900. The van der Waals surface area contributed by atoms with E-state index in [9.17, 15) is 69.1 Å². The summed E-state index contributed by atoms with van der Waals surface area (Å²) in [5.41, 5.74) is 0. The minimum absolute atomic E-state index is 0.719. The molecule has 0 bridgehead atoms. The van der Waals surface area contributed by atoms with Crippen molar-refractivity contribution in [2.24, 2.45) is 0 Å². The van der Waals surface area contributed by atoms with Crippen LogP contribution in [0.15, 0.2) is 0 Å². The van der Waals surface area contributed by atoms with Gasteiger partial charge in [0, 0.05) is 6.92 Å². The van der Waals surface area contributed by atoms with Crippen molar-refractivity contribution < 1.29 is 96.8 Å². The lowest BCUT2D eigenvalue weighted by Gasteiger charge is -2.46. The molecule has 2 aliphatic heterocycles. The third-order valence-corrected chi connectivity index (χ3v) is 6.79. The van der Waals surface area contributed by atoms with Crippen molar-refractivity contribution in [1.82, 2.24) is 5.32 Å². The van der Waals surface area contributed by atoms with Gasteiger partial charge in [-0.05, 0) is 0 Å². The van der Waals surface area contributed by atoms with Gasteiger partial charge in [-0.2, -0.15) is 8.42 Å². The van der Waals surface area contributed by atoms with E-state index in [2.05, 4.69) is 9.50 Å². The molecule has 42 heavy (non-hydrogen) atoms. The summed E-state index contributed by atoms with van der Waals surface area (Å²) < 4.78 is 56.5. The van der Waals surface area contributed by atoms with Crippen LogP contribution in [0.4, 0.5) is 0 Å². The van der Waals surface area contributed by atoms with Gasteiger partial charge in [-0.25, -0.2) is 8.98 Å². The molecule has 246 valence electrons. The standard InChI is InChI=1S/C20H35NO20S/c1-5(25)21-6(2-22)9(27)14(7(26)3-23)38-19-12(30)15(10(28)8(4-24)37-19)39-20-13(31)16(41-42(34,35)36)11(29)17(40-20)18(32)33/h6-17,19-20,22-24,26-31H,2-4H2,1H3,(H,21,25)(H,32,33)(H,34,35,36)/t6-,7+,8+,9+,10-,11-,12+,13+,14+,15-,16-,17-,19-,20+/m0/s1. The van der Waals surface area contributed by atoms with Crippen molar-refractivity contribution in [3.8, 4) is 0 Å². The molecule has 2 saturated heterocycles. The van der Waals surface area contributed by atoms with Gasteiger partial charge in [0.2, 0.25) is 5.91 Å². The quantitative estimate of drug-likeness (QED) is 0.0783. The topological polar surface area (TPSA) is 349 Å². The summed E-state index contributed by atoms with van der Waals surface area (Å²) in [6.07, 6.45) is -27.8. The number of carbonyl (C=O) groups excluding carboxylic acids is 1. The van der Waals surface area contributed by atoms with E-state index in [1.807, 2.05) is 0 Å². The molecule has 0 aliphatic carbocycles. The molecule has 0 aromatic heterocycles. The number of ether oxygens (including phenoxy) is 4. The van der Waals surface area contributed by atoms with E-state index in [-0.39, 0.29) is 0 Å². The van der Waals surface area contributed by atoms with Crippen LogP contribution in [0.5, 0.6) is 0 Å². The van der Waals surface area contributed by atoms with Gasteiger partial charge >= 0.3 is 16.4 Å². The van der Waals surface area contributed by atoms with E-state index in [1.54, 1.807) is 0 Å².